The molecule has 0 spiro atoms. The summed E-state index contributed by atoms with van der Waals surface area (Å²) in [6.45, 7) is 3.51. The van der Waals surface area contributed by atoms with Crippen LogP contribution in [0.25, 0.3) is 0 Å². The molecule has 1 aromatic carbocycles. The molecule has 0 bridgehead atoms. The van der Waals surface area contributed by atoms with Crippen LogP contribution in [0.15, 0.2) is 21.6 Å². The molecule has 0 saturated heterocycles. The predicted molar refractivity (Wildman–Crippen MR) is 106 cm³/mol. The number of guanidine groups is 1. The number of hydrogen-bond acceptors (Lipinski definition) is 4. The number of aromatic nitrogens is 1. The molecule has 0 saturated carbocycles. The lowest BCUT2D eigenvalue weighted by Crippen LogP contribution is -2.38. The maximum atomic E-state index is 12.7. The third-order valence-electron chi connectivity index (χ3n) is 4.12. The highest BCUT2D eigenvalue weighted by Gasteiger charge is 2.18. The lowest BCUT2D eigenvalue weighted by molar-refractivity contribution is -0.0504. The van der Waals surface area contributed by atoms with E-state index in [1.54, 1.807) is 7.05 Å². The standard InChI is InChI=1S/C18H22Cl2F2N4O2/c1-9(15-10(2)26-28-11(15)3)7-24-18(23-4)25-8-12-5-13(19)6-14(20)16(12)27-17(21)22/h5-6,9,17H,7-8H2,1-4H3,(H2,23,24,25). The fourth-order valence-electron chi connectivity index (χ4n) is 2.91. The van der Waals surface area contributed by atoms with E-state index in [1.165, 1.54) is 12.1 Å². The number of rotatable bonds is 7. The maximum absolute atomic E-state index is 12.7. The van der Waals surface area contributed by atoms with Crippen molar-refractivity contribution in [2.75, 3.05) is 13.6 Å². The minimum atomic E-state index is -2.99. The Kier molecular flexibility index (Phi) is 7.88. The zero-order chi connectivity index (χ0) is 20.8. The van der Waals surface area contributed by atoms with Gasteiger partial charge in [0.2, 0.25) is 0 Å². The van der Waals surface area contributed by atoms with Gasteiger partial charge >= 0.3 is 6.61 Å². The van der Waals surface area contributed by atoms with Crippen LogP contribution in [0.3, 0.4) is 0 Å². The molecule has 1 atom stereocenters. The van der Waals surface area contributed by atoms with Crippen molar-refractivity contribution in [1.29, 1.82) is 0 Å². The molecule has 10 heteroatoms. The molecule has 1 heterocycles. The Morgan fingerprint density at radius 1 is 1.29 bits per heavy atom. The van der Waals surface area contributed by atoms with Crippen molar-refractivity contribution >= 4 is 29.2 Å². The molecule has 0 fully saturated rings. The summed E-state index contributed by atoms with van der Waals surface area (Å²) in [4.78, 5) is 4.14. The Labute approximate surface area is 172 Å². The monoisotopic (exact) mass is 434 g/mol. The van der Waals surface area contributed by atoms with Crippen LogP contribution in [-0.2, 0) is 6.54 Å². The first-order chi connectivity index (χ1) is 13.2. The van der Waals surface area contributed by atoms with Gasteiger partial charge in [0.15, 0.2) is 5.96 Å². The fraction of sp³-hybridized carbons (Fsp3) is 0.444. The van der Waals surface area contributed by atoms with E-state index in [1.807, 2.05) is 20.8 Å². The van der Waals surface area contributed by atoms with Gasteiger partial charge < -0.3 is 19.9 Å². The van der Waals surface area contributed by atoms with Gasteiger partial charge in [0.25, 0.3) is 0 Å². The van der Waals surface area contributed by atoms with E-state index >= 15 is 0 Å². The van der Waals surface area contributed by atoms with Crippen molar-refractivity contribution in [3.05, 3.63) is 44.8 Å². The number of aliphatic imine (C=N–C) groups is 1. The van der Waals surface area contributed by atoms with E-state index in [0.29, 0.717) is 23.1 Å². The molecule has 1 aromatic heterocycles. The number of ether oxygens (including phenoxy) is 1. The number of hydrogen-bond donors (Lipinski definition) is 2. The average molecular weight is 435 g/mol. The summed E-state index contributed by atoms with van der Waals surface area (Å²) < 4.78 is 35.1. The topological polar surface area (TPSA) is 71.7 Å². The third kappa shape index (κ3) is 5.72. The van der Waals surface area contributed by atoms with Gasteiger partial charge in [-0.1, -0.05) is 35.3 Å². The van der Waals surface area contributed by atoms with Crippen LogP contribution in [0.2, 0.25) is 10.0 Å². The number of aryl methyl sites for hydroxylation is 2. The van der Waals surface area contributed by atoms with E-state index in [0.717, 1.165) is 17.0 Å². The number of benzene rings is 1. The smallest absolute Gasteiger partial charge is 0.387 e. The Bertz CT molecular complexity index is 824. The molecule has 2 aromatic rings. The summed E-state index contributed by atoms with van der Waals surface area (Å²) >= 11 is 12.0. The minimum Gasteiger partial charge on any atom is -0.433 e. The van der Waals surface area contributed by atoms with Gasteiger partial charge in [-0.15, -0.1) is 0 Å². The van der Waals surface area contributed by atoms with Crippen LogP contribution in [0, 0.1) is 13.8 Å². The minimum absolute atomic E-state index is 0.0135. The van der Waals surface area contributed by atoms with E-state index in [4.69, 9.17) is 27.7 Å². The Balaban J connectivity index is 2.03. The van der Waals surface area contributed by atoms with Gasteiger partial charge in [-0.25, -0.2) is 0 Å². The molecular weight excluding hydrogens is 413 g/mol. The molecule has 6 nitrogen and oxygen atoms in total. The fourth-order valence-corrected chi connectivity index (χ4v) is 3.49. The van der Waals surface area contributed by atoms with E-state index in [-0.39, 0.29) is 23.2 Å². The molecule has 0 aliphatic rings. The SMILES string of the molecule is CN=C(NCc1cc(Cl)cc(Cl)c1OC(F)F)NCC(C)c1c(C)noc1C. The first-order valence-electron chi connectivity index (χ1n) is 8.52. The normalized spacial score (nSPS) is 13.0. The van der Waals surface area contributed by atoms with Gasteiger partial charge in [0, 0.05) is 42.2 Å². The number of halogens is 4. The van der Waals surface area contributed by atoms with Gasteiger partial charge in [0.1, 0.15) is 11.5 Å². The largest absolute Gasteiger partial charge is 0.433 e. The van der Waals surface area contributed by atoms with Gasteiger partial charge in [0.05, 0.1) is 10.7 Å². The zero-order valence-electron chi connectivity index (χ0n) is 15.9. The van der Waals surface area contributed by atoms with Gasteiger partial charge in [-0.3, -0.25) is 4.99 Å². The molecule has 2 N–H and O–H groups in total. The Morgan fingerprint density at radius 3 is 2.57 bits per heavy atom. The summed E-state index contributed by atoms with van der Waals surface area (Å²) in [5, 5.41) is 10.5. The highest BCUT2D eigenvalue weighted by atomic mass is 35.5. The van der Waals surface area contributed by atoms with Crippen molar-refractivity contribution in [2.24, 2.45) is 4.99 Å². The van der Waals surface area contributed by atoms with E-state index in [2.05, 4.69) is 25.5 Å². The maximum Gasteiger partial charge on any atom is 0.387 e. The van der Waals surface area contributed by atoms with Crippen molar-refractivity contribution in [3.63, 3.8) is 0 Å². The number of nitrogens with one attached hydrogen (secondary N) is 2. The van der Waals surface area contributed by atoms with Crippen LogP contribution >= 0.6 is 23.2 Å². The van der Waals surface area contributed by atoms with Crippen LogP contribution in [0.1, 0.15) is 35.4 Å². The highest BCUT2D eigenvalue weighted by molar-refractivity contribution is 6.35. The lowest BCUT2D eigenvalue weighted by Gasteiger charge is -2.18. The summed E-state index contributed by atoms with van der Waals surface area (Å²) in [7, 11) is 1.61. The van der Waals surface area contributed by atoms with E-state index < -0.39 is 6.61 Å². The van der Waals surface area contributed by atoms with Crippen LogP contribution in [0.4, 0.5) is 8.78 Å². The highest BCUT2D eigenvalue weighted by Crippen LogP contribution is 2.33. The summed E-state index contributed by atoms with van der Waals surface area (Å²) in [6, 6.07) is 2.86. The zero-order valence-corrected chi connectivity index (χ0v) is 17.5. The molecule has 28 heavy (non-hydrogen) atoms. The van der Waals surface area contributed by atoms with Crippen molar-refractivity contribution in [3.8, 4) is 5.75 Å². The molecular formula is C18H22Cl2F2N4O2. The second kappa shape index (κ2) is 9.93. The molecule has 0 aliphatic heterocycles. The molecule has 2 rings (SSSR count). The van der Waals surface area contributed by atoms with Gasteiger partial charge in [-0.05, 0) is 26.0 Å². The number of alkyl halides is 2. The van der Waals surface area contributed by atoms with Crippen LogP contribution < -0.4 is 15.4 Å². The first kappa shape index (κ1) is 22.2. The molecule has 0 amide bonds. The van der Waals surface area contributed by atoms with Crippen molar-refractivity contribution < 1.29 is 18.0 Å². The quantitative estimate of drug-likeness (QED) is 0.489. The average Bonchev–Trinajstić information content (AvgIpc) is 2.95. The third-order valence-corrected chi connectivity index (χ3v) is 4.62. The van der Waals surface area contributed by atoms with Crippen molar-refractivity contribution in [1.82, 2.24) is 15.8 Å². The molecule has 0 aliphatic carbocycles. The second-order valence-corrected chi connectivity index (χ2v) is 7.04. The van der Waals surface area contributed by atoms with E-state index in [9.17, 15) is 8.78 Å². The summed E-state index contributed by atoms with van der Waals surface area (Å²) in [5.41, 5.74) is 2.27. The molecule has 1 unspecified atom stereocenters. The lowest BCUT2D eigenvalue weighted by atomic mass is 10.00. The predicted octanol–water partition coefficient (Wildman–Crippen LogP) is 4.67. The van der Waals surface area contributed by atoms with Crippen LogP contribution in [0.5, 0.6) is 5.75 Å². The second-order valence-electron chi connectivity index (χ2n) is 6.20. The van der Waals surface area contributed by atoms with Crippen molar-refractivity contribution in [2.45, 2.75) is 39.8 Å². The number of nitrogens with zero attached hydrogens (tertiary/aromatic N) is 2. The molecule has 154 valence electrons. The summed E-state index contributed by atoms with van der Waals surface area (Å²) in [5.74, 6) is 1.27. The first-order valence-corrected chi connectivity index (χ1v) is 9.28. The Hall–Kier alpha value is -2.06. The summed E-state index contributed by atoms with van der Waals surface area (Å²) in [6.07, 6.45) is 0. The van der Waals surface area contributed by atoms with Gasteiger partial charge in [-0.2, -0.15) is 8.78 Å². The molecule has 0 radical (unpaired) electrons. The van der Waals surface area contributed by atoms with Crippen LogP contribution in [-0.4, -0.2) is 31.3 Å². The Morgan fingerprint density at radius 2 is 2.00 bits per heavy atom.